The van der Waals surface area contributed by atoms with Gasteiger partial charge in [0.1, 0.15) is 0 Å². The van der Waals surface area contributed by atoms with E-state index in [1.807, 2.05) is 6.92 Å². The van der Waals surface area contributed by atoms with E-state index in [4.69, 9.17) is 4.84 Å². The van der Waals surface area contributed by atoms with Gasteiger partial charge in [0.15, 0.2) is 0 Å². The minimum atomic E-state index is -0.502. The number of hydroxylamine groups is 2. The maximum atomic E-state index is 11.2. The second-order valence-electron chi connectivity index (χ2n) is 2.94. The van der Waals surface area contributed by atoms with E-state index in [0.717, 1.165) is 11.5 Å². The van der Waals surface area contributed by atoms with Gasteiger partial charge in [-0.3, -0.25) is 4.79 Å². The Kier molecular flexibility index (Phi) is 3.06. The van der Waals surface area contributed by atoms with Gasteiger partial charge in [0.25, 0.3) is 5.91 Å². The summed E-state index contributed by atoms with van der Waals surface area (Å²) >= 11 is 0. The third-order valence-electron chi connectivity index (χ3n) is 1.94. The van der Waals surface area contributed by atoms with E-state index in [2.05, 4.69) is 6.58 Å². The van der Waals surface area contributed by atoms with Gasteiger partial charge in [-0.1, -0.05) is 13.5 Å². The van der Waals surface area contributed by atoms with E-state index < -0.39 is 5.97 Å². The minimum absolute atomic E-state index is 0.128. The third kappa shape index (κ3) is 2.31. The van der Waals surface area contributed by atoms with Crippen LogP contribution in [0.1, 0.15) is 26.2 Å². The summed E-state index contributed by atoms with van der Waals surface area (Å²) in [6.45, 7) is 5.84. The summed E-state index contributed by atoms with van der Waals surface area (Å²) in [7, 11) is 0. The highest BCUT2D eigenvalue weighted by Crippen LogP contribution is 2.12. The van der Waals surface area contributed by atoms with Crippen LogP contribution in [0.25, 0.3) is 0 Å². The molecule has 1 saturated heterocycles. The van der Waals surface area contributed by atoms with Gasteiger partial charge in [-0.15, -0.1) is 0 Å². The monoisotopic (exact) mass is 183 g/mol. The van der Waals surface area contributed by atoms with Crippen molar-refractivity contribution < 1.29 is 14.4 Å². The fourth-order valence-corrected chi connectivity index (χ4v) is 1.03. The normalized spacial score (nSPS) is 16.1. The predicted octanol–water partition coefficient (Wildman–Crippen LogP) is 1.03. The van der Waals surface area contributed by atoms with Crippen LogP contribution in [0, 0.1) is 0 Å². The van der Waals surface area contributed by atoms with Crippen molar-refractivity contribution >= 4 is 11.9 Å². The zero-order chi connectivity index (χ0) is 9.84. The largest absolute Gasteiger partial charge is 0.358 e. The molecule has 1 aliphatic heterocycles. The fraction of sp³-hybridized carbons (Fsp3) is 0.556. The molecule has 0 bridgehead atoms. The summed E-state index contributed by atoms with van der Waals surface area (Å²) in [5, 5.41) is 1.11. The lowest BCUT2D eigenvalue weighted by molar-refractivity contribution is -0.189. The van der Waals surface area contributed by atoms with Crippen LogP contribution in [0.5, 0.6) is 0 Å². The highest BCUT2D eigenvalue weighted by molar-refractivity contribution is 5.89. The minimum Gasteiger partial charge on any atom is -0.333 e. The Labute approximate surface area is 77.1 Å². The van der Waals surface area contributed by atoms with Crippen LogP contribution in [0.4, 0.5) is 0 Å². The summed E-state index contributed by atoms with van der Waals surface area (Å²) in [5.74, 6) is -0.630. The Balaban J connectivity index is 2.44. The molecule has 4 heteroatoms. The highest BCUT2D eigenvalue weighted by atomic mass is 16.7. The van der Waals surface area contributed by atoms with Crippen LogP contribution in [0.15, 0.2) is 12.2 Å². The van der Waals surface area contributed by atoms with Crippen LogP contribution >= 0.6 is 0 Å². The molecule has 0 radical (unpaired) electrons. The Hall–Kier alpha value is -1.32. The van der Waals surface area contributed by atoms with Crippen molar-refractivity contribution in [2.75, 3.05) is 6.54 Å². The average molecular weight is 183 g/mol. The van der Waals surface area contributed by atoms with Gasteiger partial charge >= 0.3 is 5.97 Å². The molecular formula is C9H13NO3. The quantitative estimate of drug-likeness (QED) is 0.614. The van der Waals surface area contributed by atoms with Crippen molar-refractivity contribution in [1.82, 2.24) is 5.06 Å². The van der Waals surface area contributed by atoms with Crippen molar-refractivity contribution in [3.63, 3.8) is 0 Å². The Bertz CT molecular complexity index is 247. The predicted molar refractivity (Wildman–Crippen MR) is 46.5 cm³/mol. The molecule has 1 rings (SSSR count). The SMILES string of the molecule is C=C(CC)C(=O)ON1CCCC1=O. The zero-order valence-electron chi connectivity index (χ0n) is 7.71. The molecule has 1 heterocycles. The zero-order valence-corrected chi connectivity index (χ0v) is 7.71. The summed E-state index contributed by atoms with van der Waals surface area (Å²) < 4.78 is 0. The van der Waals surface area contributed by atoms with E-state index in [1.54, 1.807) is 0 Å². The molecule has 0 atom stereocenters. The molecule has 0 aromatic heterocycles. The second-order valence-corrected chi connectivity index (χ2v) is 2.94. The molecule has 0 N–H and O–H groups in total. The molecule has 1 aliphatic rings. The summed E-state index contributed by atoms with van der Waals surface area (Å²) in [5.41, 5.74) is 0.389. The van der Waals surface area contributed by atoms with Crippen molar-refractivity contribution in [2.45, 2.75) is 26.2 Å². The van der Waals surface area contributed by atoms with Crippen LogP contribution in [0.3, 0.4) is 0 Å². The molecule has 1 fully saturated rings. The molecular weight excluding hydrogens is 170 g/mol. The summed E-state index contributed by atoms with van der Waals surface area (Å²) in [4.78, 5) is 27.0. The average Bonchev–Trinajstić information content (AvgIpc) is 2.50. The maximum absolute atomic E-state index is 11.2. The van der Waals surface area contributed by atoms with E-state index in [9.17, 15) is 9.59 Å². The number of amides is 1. The third-order valence-corrected chi connectivity index (χ3v) is 1.94. The molecule has 0 aliphatic carbocycles. The molecule has 13 heavy (non-hydrogen) atoms. The topological polar surface area (TPSA) is 46.6 Å². The molecule has 72 valence electrons. The number of carbonyl (C=O) groups is 2. The van der Waals surface area contributed by atoms with E-state index in [1.165, 1.54) is 0 Å². The molecule has 0 saturated carbocycles. The number of rotatable bonds is 3. The van der Waals surface area contributed by atoms with Crippen LogP contribution in [-0.4, -0.2) is 23.5 Å². The smallest absolute Gasteiger partial charge is 0.333 e. The number of carbonyl (C=O) groups excluding carboxylic acids is 2. The van der Waals surface area contributed by atoms with E-state index >= 15 is 0 Å². The molecule has 0 unspecified atom stereocenters. The molecule has 4 nitrogen and oxygen atoms in total. The van der Waals surface area contributed by atoms with Crippen LogP contribution in [0.2, 0.25) is 0 Å². The van der Waals surface area contributed by atoms with Gasteiger partial charge in [-0.25, -0.2) is 4.79 Å². The van der Waals surface area contributed by atoms with Gasteiger partial charge in [0.05, 0.1) is 6.54 Å². The van der Waals surface area contributed by atoms with Gasteiger partial charge in [0.2, 0.25) is 0 Å². The fourth-order valence-electron chi connectivity index (χ4n) is 1.03. The first-order valence-corrected chi connectivity index (χ1v) is 4.35. The van der Waals surface area contributed by atoms with Crippen LogP contribution < -0.4 is 0 Å². The lowest BCUT2D eigenvalue weighted by Crippen LogP contribution is -2.28. The first-order valence-electron chi connectivity index (χ1n) is 4.35. The molecule has 0 spiro atoms. The first kappa shape index (κ1) is 9.77. The van der Waals surface area contributed by atoms with E-state index in [-0.39, 0.29) is 5.91 Å². The van der Waals surface area contributed by atoms with Gasteiger partial charge in [-0.2, -0.15) is 5.06 Å². The highest BCUT2D eigenvalue weighted by Gasteiger charge is 2.24. The Morgan fingerprint density at radius 3 is 2.85 bits per heavy atom. The van der Waals surface area contributed by atoms with Crippen molar-refractivity contribution in [1.29, 1.82) is 0 Å². The number of hydrogen-bond acceptors (Lipinski definition) is 3. The number of hydrogen-bond donors (Lipinski definition) is 0. The van der Waals surface area contributed by atoms with Gasteiger partial charge < -0.3 is 4.84 Å². The summed E-state index contributed by atoms with van der Waals surface area (Å²) in [6.07, 6.45) is 1.76. The molecule has 0 aromatic carbocycles. The van der Waals surface area contributed by atoms with Gasteiger partial charge in [0, 0.05) is 12.0 Å². The lowest BCUT2D eigenvalue weighted by atomic mass is 10.2. The molecule has 1 amide bonds. The first-order chi connectivity index (χ1) is 6.15. The lowest BCUT2D eigenvalue weighted by Gasteiger charge is -2.14. The van der Waals surface area contributed by atoms with Gasteiger partial charge in [-0.05, 0) is 12.8 Å². The summed E-state index contributed by atoms with van der Waals surface area (Å²) in [6, 6.07) is 0. The Morgan fingerprint density at radius 1 is 1.69 bits per heavy atom. The van der Waals surface area contributed by atoms with E-state index in [0.29, 0.717) is 25.0 Å². The maximum Gasteiger partial charge on any atom is 0.358 e. The molecule has 0 aromatic rings. The standard InChI is InChI=1S/C9H13NO3/c1-3-7(2)9(12)13-10-6-4-5-8(10)11/h2-6H2,1H3. The van der Waals surface area contributed by atoms with Crippen molar-refractivity contribution in [3.8, 4) is 0 Å². The van der Waals surface area contributed by atoms with Crippen LogP contribution in [-0.2, 0) is 14.4 Å². The number of nitrogens with zero attached hydrogens (tertiary/aromatic N) is 1. The Morgan fingerprint density at radius 2 is 2.38 bits per heavy atom. The van der Waals surface area contributed by atoms with Crippen molar-refractivity contribution in [2.24, 2.45) is 0 Å². The van der Waals surface area contributed by atoms with Crippen molar-refractivity contribution in [3.05, 3.63) is 12.2 Å². The second kappa shape index (κ2) is 4.07.